The van der Waals surface area contributed by atoms with Gasteiger partial charge in [0.15, 0.2) is 5.78 Å². The van der Waals surface area contributed by atoms with E-state index in [4.69, 9.17) is 11.6 Å². The van der Waals surface area contributed by atoms with E-state index in [1.54, 1.807) is 6.92 Å². The third-order valence-electron chi connectivity index (χ3n) is 1.78. The summed E-state index contributed by atoms with van der Waals surface area (Å²) >= 11 is 9.28. The van der Waals surface area contributed by atoms with Crippen LogP contribution in [-0.2, 0) is 0 Å². The molecule has 0 fully saturated rings. The van der Waals surface area contributed by atoms with Crippen LogP contribution < -0.4 is 0 Å². The number of aromatic nitrogens is 1. The van der Waals surface area contributed by atoms with Gasteiger partial charge in [0.1, 0.15) is 0 Å². The quantitative estimate of drug-likeness (QED) is 0.727. The third kappa shape index (κ3) is 1.92. The zero-order chi connectivity index (χ0) is 10.2. The Kier molecular flexibility index (Phi) is 3.09. The average molecular weight is 263 g/mol. The van der Waals surface area contributed by atoms with Gasteiger partial charge in [0.25, 0.3) is 0 Å². The maximum absolute atomic E-state index is 11.2. The smallest absolute Gasteiger partial charge is 0.163 e. The molecule has 0 atom stereocenters. The summed E-state index contributed by atoms with van der Waals surface area (Å²) in [5.74, 6) is -0.0595. The molecule has 1 rings (SSSR count). The van der Waals surface area contributed by atoms with Crippen molar-refractivity contribution in [2.45, 2.75) is 20.8 Å². The van der Waals surface area contributed by atoms with Crippen molar-refractivity contribution in [2.24, 2.45) is 0 Å². The predicted octanol–water partition coefficient (Wildman–Crippen LogP) is 3.32. The summed E-state index contributed by atoms with van der Waals surface area (Å²) in [6.45, 7) is 5.10. The highest BCUT2D eigenvalue weighted by atomic mass is 79.9. The van der Waals surface area contributed by atoms with Crippen molar-refractivity contribution in [2.75, 3.05) is 0 Å². The Morgan fingerprint density at radius 3 is 2.38 bits per heavy atom. The standard InChI is InChI=1S/C9H9BrClNO/c1-4-7(6(3)13)9(11)8(10)5(2)12-4/h1-3H3. The van der Waals surface area contributed by atoms with Crippen LogP contribution in [0.1, 0.15) is 28.7 Å². The zero-order valence-corrected chi connectivity index (χ0v) is 9.95. The fourth-order valence-corrected chi connectivity index (χ4v) is 1.89. The molecule has 1 heterocycles. The Balaban J connectivity index is 3.53. The van der Waals surface area contributed by atoms with Crippen LogP contribution in [0.25, 0.3) is 0 Å². The molecule has 0 N–H and O–H groups in total. The van der Waals surface area contributed by atoms with E-state index in [2.05, 4.69) is 20.9 Å². The highest BCUT2D eigenvalue weighted by Gasteiger charge is 2.15. The van der Waals surface area contributed by atoms with Crippen molar-refractivity contribution in [1.29, 1.82) is 0 Å². The summed E-state index contributed by atoms with van der Waals surface area (Å²) in [4.78, 5) is 15.4. The first-order valence-corrected chi connectivity index (χ1v) is 4.95. The molecule has 0 radical (unpaired) electrons. The normalized spacial score (nSPS) is 10.2. The van der Waals surface area contributed by atoms with E-state index >= 15 is 0 Å². The molecule has 0 aliphatic rings. The van der Waals surface area contributed by atoms with E-state index < -0.39 is 0 Å². The number of ketones is 1. The molecule has 0 aliphatic heterocycles. The second kappa shape index (κ2) is 3.76. The van der Waals surface area contributed by atoms with Gasteiger partial charge in [-0.3, -0.25) is 9.78 Å². The summed E-state index contributed by atoms with van der Waals surface area (Å²) in [5.41, 5.74) is 1.98. The Morgan fingerprint density at radius 1 is 1.38 bits per heavy atom. The molecule has 4 heteroatoms. The summed E-state index contributed by atoms with van der Waals surface area (Å²) in [6.07, 6.45) is 0. The minimum Gasteiger partial charge on any atom is -0.294 e. The second-order valence-electron chi connectivity index (χ2n) is 2.84. The predicted molar refractivity (Wildman–Crippen MR) is 56.4 cm³/mol. The third-order valence-corrected chi connectivity index (χ3v) is 3.36. The van der Waals surface area contributed by atoms with E-state index in [9.17, 15) is 4.79 Å². The molecule has 0 saturated heterocycles. The number of halogens is 2. The molecule has 1 aromatic rings. The molecule has 0 aromatic carbocycles. The van der Waals surface area contributed by atoms with Crippen LogP contribution >= 0.6 is 27.5 Å². The Hall–Kier alpha value is -0.410. The van der Waals surface area contributed by atoms with Gasteiger partial charge in [-0.25, -0.2) is 0 Å². The summed E-state index contributed by atoms with van der Waals surface area (Å²) in [5, 5.41) is 0.456. The maximum atomic E-state index is 11.2. The monoisotopic (exact) mass is 261 g/mol. The van der Waals surface area contributed by atoms with Gasteiger partial charge in [-0.2, -0.15) is 0 Å². The maximum Gasteiger partial charge on any atom is 0.163 e. The Labute approximate surface area is 90.4 Å². The molecule has 0 bridgehead atoms. The molecule has 0 spiro atoms. The van der Waals surface area contributed by atoms with Crippen LogP contribution in [0.3, 0.4) is 0 Å². The number of hydrogen-bond donors (Lipinski definition) is 0. The second-order valence-corrected chi connectivity index (χ2v) is 4.01. The molecule has 0 amide bonds. The van der Waals surface area contributed by atoms with Gasteiger partial charge in [-0.05, 0) is 36.7 Å². The number of rotatable bonds is 1. The van der Waals surface area contributed by atoms with Crippen molar-refractivity contribution in [3.8, 4) is 0 Å². The Morgan fingerprint density at radius 2 is 1.92 bits per heavy atom. The molecule has 0 saturated carbocycles. The molecule has 70 valence electrons. The fourth-order valence-electron chi connectivity index (χ4n) is 1.19. The van der Waals surface area contributed by atoms with Crippen LogP contribution in [0.5, 0.6) is 0 Å². The fraction of sp³-hybridized carbons (Fsp3) is 0.333. The highest BCUT2D eigenvalue weighted by molar-refractivity contribution is 9.10. The SMILES string of the molecule is CC(=O)c1c(C)nc(C)c(Br)c1Cl. The first-order valence-electron chi connectivity index (χ1n) is 3.78. The number of carbonyl (C=O) groups excluding carboxylic acids is 1. The van der Waals surface area contributed by atoms with E-state index in [1.165, 1.54) is 6.92 Å². The van der Waals surface area contributed by atoms with Crippen LogP contribution in [0, 0.1) is 13.8 Å². The van der Waals surface area contributed by atoms with Gasteiger partial charge in [-0.15, -0.1) is 0 Å². The van der Waals surface area contributed by atoms with E-state index in [1.807, 2.05) is 6.92 Å². The summed E-state index contributed by atoms with van der Waals surface area (Å²) in [7, 11) is 0. The van der Waals surface area contributed by atoms with Crippen LogP contribution in [-0.4, -0.2) is 10.8 Å². The average Bonchev–Trinajstić information content (AvgIpc) is 1.99. The number of aryl methyl sites for hydroxylation is 2. The molecular weight excluding hydrogens is 253 g/mol. The van der Waals surface area contributed by atoms with Crippen LogP contribution in [0.2, 0.25) is 5.02 Å². The molecule has 2 nitrogen and oxygen atoms in total. The molecule has 0 aliphatic carbocycles. The van der Waals surface area contributed by atoms with Gasteiger partial charge in [-0.1, -0.05) is 11.6 Å². The minimum atomic E-state index is -0.0595. The number of carbonyl (C=O) groups is 1. The lowest BCUT2D eigenvalue weighted by molar-refractivity contribution is 0.101. The largest absolute Gasteiger partial charge is 0.294 e. The number of Topliss-reactive ketones (excluding diaryl/α,β-unsaturated/α-hetero) is 1. The van der Waals surface area contributed by atoms with Gasteiger partial charge in [0, 0.05) is 5.69 Å². The van der Waals surface area contributed by atoms with Crippen molar-refractivity contribution in [1.82, 2.24) is 4.98 Å². The van der Waals surface area contributed by atoms with Crippen molar-refractivity contribution in [3.05, 3.63) is 26.4 Å². The lowest BCUT2D eigenvalue weighted by Crippen LogP contribution is -2.02. The minimum absolute atomic E-state index is 0.0595. The first-order chi connectivity index (χ1) is 5.95. The van der Waals surface area contributed by atoms with Gasteiger partial charge in [0.05, 0.1) is 20.8 Å². The van der Waals surface area contributed by atoms with E-state index in [0.29, 0.717) is 20.8 Å². The lowest BCUT2D eigenvalue weighted by Gasteiger charge is -2.08. The van der Waals surface area contributed by atoms with Crippen LogP contribution in [0.15, 0.2) is 4.47 Å². The van der Waals surface area contributed by atoms with Gasteiger partial charge < -0.3 is 0 Å². The highest BCUT2D eigenvalue weighted by Crippen LogP contribution is 2.30. The Bertz CT molecular complexity index is 376. The molecule has 1 aromatic heterocycles. The molecular formula is C9H9BrClNO. The summed E-state index contributed by atoms with van der Waals surface area (Å²) < 4.78 is 0.699. The van der Waals surface area contributed by atoms with Gasteiger partial charge in [0.2, 0.25) is 0 Å². The van der Waals surface area contributed by atoms with Crippen molar-refractivity contribution < 1.29 is 4.79 Å². The topological polar surface area (TPSA) is 30.0 Å². The summed E-state index contributed by atoms with van der Waals surface area (Å²) in [6, 6.07) is 0. The van der Waals surface area contributed by atoms with E-state index in [0.717, 1.165) is 5.69 Å². The van der Waals surface area contributed by atoms with Crippen molar-refractivity contribution in [3.63, 3.8) is 0 Å². The van der Waals surface area contributed by atoms with E-state index in [-0.39, 0.29) is 5.78 Å². The lowest BCUT2D eigenvalue weighted by atomic mass is 10.1. The van der Waals surface area contributed by atoms with Gasteiger partial charge >= 0.3 is 0 Å². The van der Waals surface area contributed by atoms with Crippen LogP contribution in [0.4, 0.5) is 0 Å². The first kappa shape index (κ1) is 10.7. The number of hydrogen-bond acceptors (Lipinski definition) is 2. The number of pyridine rings is 1. The molecule has 13 heavy (non-hydrogen) atoms. The molecule has 0 unspecified atom stereocenters. The van der Waals surface area contributed by atoms with Crippen molar-refractivity contribution >= 4 is 33.3 Å². The number of nitrogens with zero attached hydrogens (tertiary/aromatic N) is 1. The zero-order valence-electron chi connectivity index (χ0n) is 7.61.